The van der Waals surface area contributed by atoms with E-state index in [-0.39, 0.29) is 22.9 Å². The number of carbonyl (C=O) groups is 2. The molecule has 128 valence electrons. The van der Waals surface area contributed by atoms with Gasteiger partial charge in [0.25, 0.3) is 0 Å². The maximum atomic E-state index is 12.1. The molecule has 1 aliphatic heterocycles. The minimum Gasteiger partial charge on any atom is -0.464 e. The fourth-order valence-corrected chi connectivity index (χ4v) is 3.11. The Bertz CT molecular complexity index is 908. The molecule has 25 heavy (non-hydrogen) atoms. The first kappa shape index (κ1) is 16.6. The van der Waals surface area contributed by atoms with Crippen molar-refractivity contribution in [3.05, 3.63) is 41.2 Å². The van der Waals surface area contributed by atoms with Crippen LogP contribution in [-0.4, -0.2) is 30.1 Å². The van der Waals surface area contributed by atoms with Crippen LogP contribution in [0.25, 0.3) is 5.69 Å². The predicted octanol–water partition coefficient (Wildman–Crippen LogP) is 2.15. The van der Waals surface area contributed by atoms with Crippen LogP contribution in [0.5, 0.6) is 0 Å². The van der Waals surface area contributed by atoms with Gasteiger partial charge in [0.1, 0.15) is 6.07 Å². The number of aromatic nitrogens is 1. The largest absolute Gasteiger partial charge is 0.464 e. The zero-order valence-electron chi connectivity index (χ0n) is 14.1. The topological polar surface area (TPSA) is 101 Å². The summed E-state index contributed by atoms with van der Waals surface area (Å²) in [4.78, 5) is 25.8. The van der Waals surface area contributed by atoms with Crippen molar-refractivity contribution >= 4 is 23.3 Å². The number of esters is 1. The Balaban J connectivity index is 2.09. The Morgan fingerprint density at radius 3 is 2.72 bits per heavy atom. The monoisotopic (exact) mass is 338 g/mol. The lowest BCUT2D eigenvalue weighted by Gasteiger charge is -2.19. The van der Waals surface area contributed by atoms with E-state index in [2.05, 4.69) is 0 Å². The van der Waals surface area contributed by atoms with Crippen LogP contribution in [0.2, 0.25) is 0 Å². The summed E-state index contributed by atoms with van der Waals surface area (Å²) in [5.41, 5.74) is 8.74. The van der Waals surface area contributed by atoms with Gasteiger partial charge in [0.2, 0.25) is 5.91 Å². The maximum Gasteiger partial charge on any atom is 0.357 e. The van der Waals surface area contributed by atoms with Gasteiger partial charge in [0.15, 0.2) is 5.69 Å². The Morgan fingerprint density at radius 2 is 2.16 bits per heavy atom. The van der Waals surface area contributed by atoms with E-state index in [9.17, 15) is 14.9 Å². The zero-order chi connectivity index (χ0) is 18.1. The van der Waals surface area contributed by atoms with Crippen molar-refractivity contribution in [1.29, 1.82) is 5.26 Å². The first-order chi connectivity index (χ1) is 12.0. The minimum atomic E-state index is -0.615. The molecule has 1 aliphatic rings. The molecule has 7 heteroatoms. The van der Waals surface area contributed by atoms with Crippen LogP contribution < -0.4 is 10.6 Å². The summed E-state index contributed by atoms with van der Waals surface area (Å²) in [5.74, 6) is -0.501. The van der Waals surface area contributed by atoms with Crippen molar-refractivity contribution in [2.45, 2.75) is 19.8 Å². The second-order valence-corrected chi connectivity index (χ2v) is 5.90. The molecule has 0 aliphatic carbocycles. The molecule has 0 unspecified atom stereocenters. The third kappa shape index (κ3) is 2.72. The highest BCUT2D eigenvalue weighted by Crippen LogP contribution is 2.30. The summed E-state index contributed by atoms with van der Waals surface area (Å²) in [6.07, 6.45) is 2.93. The SMILES string of the molecule is COC(=O)c1c(N)c(C#N)cn1-c1ccc(N2CCCC2=O)c(C)c1. The summed E-state index contributed by atoms with van der Waals surface area (Å²) in [6.45, 7) is 2.61. The molecule has 1 fully saturated rings. The van der Waals surface area contributed by atoms with E-state index in [0.717, 1.165) is 17.7 Å². The molecule has 0 saturated carbocycles. The van der Waals surface area contributed by atoms with Gasteiger partial charge in [-0.1, -0.05) is 0 Å². The summed E-state index contributed by atoms with van der Waals surface area (Å²) in [7, 11) is 1.26. The van der Waals surface area contributed by atoms with Crippen molar-refractivity contribution < 1.29 is 14.3 Å². The molecule has 0 bridgehead atoms. The number of nitrogens with zero attached hydrogens (tertiary/aromatic N) is 3. The molecule has 7 nitrogen and oxygen atoms in total. The van der Waals surface area contributed by atoms with E-state index >= 15 is 0 Å². The second kappa shape index (κ2) is 6.32. The second-order valence-electron chi connectivity index (χ2n) is 5.90. The number of rotatable bonds is 3. The van der Waals surface area contributed by atoms with Gasteiger partial charge in [-0.3, -0.25) is 4.79 Å². The standard InChI is InChI=1S/C18H18N4O3/c1-11-8-13(5-6-14(11)21-7-3-4-15(21)23)22-10-12(9-19)16(20)17(22)18(24)25-2/h5-6,8,10H,3-4,7,20H2,1-2H3. The first-order valence-electron chi connectivity index (χ1n) is 7.88. The molecule has 1 amide bonds. The number of amides is 1. The maximum absolute atomic E-state index is 12.1. The molecule has 2 heterocycles. The summed E-state index contributed by atoms with van der Waals surface area (Å²) >= 11 is 0. The molecule has 3 rings (SSSR count). The first-order valence-corrected chi connectivity index (χ1v) is 7.88. The van der Waals surface area contributed by atoms with Gasteiger partial charge in [0, 0.05) is 30.5 Å². The Hall–Kier alpha value is -3.27. The van der Waals surface area contributed by atoms with Crippen molar-refractivity contribution in [2.75, 3.05) is 24.3 Å². The smallest absolute Gasteiger partial charge is 0.357 e. The highest BCUT2D eigenvalue weighted by molar-refractivity contribution is 5.97. The van der Waals surface area contributed by atoms with E-state index < -0.39 is 5.97 Å². The molecular weight excluding hydrogens is 320 g/mol. The Labute approximate surface area is 145 Å². The highest BCUT2D eigenvalue weighted by Gasteiger charge is 2.25. The minimum absolute atomic E-state index is 0.0887. The number of methoxy groups -OCH3 is 1. The molecule has 1 saturated heterocycles. The number of benzene rings is 1. The summed E-state index contributed by atoms with van der Waals surface area (Å²) in [6, 6.07) is 7.47. The molecule has 0 spiro atoms. The van der Waals surface area contributed by atoms with E-state index in [1.54, 1.807) is 15.5 Å². The third-order valence-corrected chi connectivity index (χ3v) is 4.37. The average Bonchev–Trinajstić information content (AvgIpc) is 3.17. The molecule has 2 N–H and O–H groups in total. The van der Waals surface area contributed by atoms with Crippen molar-refractivity contribution in [3.63, 3.8) is 0 Å². The number of hydrogen-bond acceptors (Lipinski definition) is 5. The van der Waals surface area contributed by atoms with Gasteiger partial charge in [-0.15, -0.1) is 0 Å². The number of nitrogens with two attached hydrogens (primary N) is 1. The average molecular weight is 338 g/mol. The van der Waals surface area contributed by atoms with Gasteiger partial charge in [-0.25, -0.2) is 4.79 Å². The number of anilines is 2. The van der Waals surface area contributed by atoms with Gasteiger partial charge in [0.05, 0.1) is 18.4 Å². The number of carbonyl (C=O) groups excluding carboxylic acids is 2. The zero-order valence-corrected chi connectivity index (χ0v) is 14.1. The predicted molar refractivity (Wildman–Crippen MR) is 92.6 cm³/mol. The molecule has 1 aromatic carbocycles. The lowest BCUT2D eigenvalue weighted by atomic mass is 10.1. The number of hydrogen-bond donors (Lipinski definition) is 1. The molecular formula is C18H18N4O3. The quantitative estimate of drug-likeness (QED) is 0.864. The van der Waals surface area contributed by atoms with Crippen molar-refractivity contribution in [1.82, 2.24) is 4.57 Å². The summed E-state index contributed by atoms with van der Waals surface area (Å²) in [5, 5.41) is 9.19. The van der Waals surface area contributed by atoms with Crippen LogP contribution in [-0.2, 0) is 9.53 Å². The highest BCUT2D eigenvalue weighted by atomic mass is 16.5. The van der Waals surface area contributed by atoms with E-state index in [4.69, 9.17) is 10.5 Å². The van der Waals surface area contributed by atoms with Crippen LogP contribution in [0.15, 0.2) is 24.4 Å². The van der Waals surface area contributed by atoms with Crippen LogP contribution in [0, 0.1) is 18.3 Å². The van der Waals surface area contributed by atoms with Gasteiger partial charge < -0.3 is 19.9 Å². The van der Waals surface area contributed by atoms with E-state index in [1.165, 1.54) is 13.3 Å². The number of nitriles is 1. The van der Waals surface area contributed by atoms with Gasteiger partial charge >= 0.3 is 5.97 Å². The van der Waals surface area contributed by atoms with Gasteiger partial charge in [-0.05, 0) is 37.1 Å². The molecule has 0 atom stereocenters. The van der Waals surface area contributed by atoms with Gasteiger partial charge in [-0.2, -0.15) is 5.26 Å². The fraction of sp³-hybridized carbons (Fsp3) is 0.278. The van der Waals surface area contributed by atoms with E-state index in [1.807, 2.05) is 25.1 Å². The number of ether oxygens (including phenoxy) is 1. The van der Waals surface area contributed by atoms with E-state index in [0.29, 0.717) is 18.7 Å². The number of aryl methyl sites for hydroxylation is 1. The lowest BCUT2D eigenvalue weighted by molar-refractivity contribution is -0.117. The van der Waals surface area contributed by atoms with Crippen molar-refractivity contribution in [3.8, 4) is 11.8 Å². The molecule has 0 radical (unpaired) electrons. The number of nitrogen functional groups attached to an aromatic ring is 1. The van der Waals surface area contributed by atoms with Crippen LogP contribution in [0.4, 0.5) is 11.4 Å². The Kier molecular flexibility index (Phi) is 4.19. The third-order valence-electron chi connectivity index (χ3n) is 4.37. The fourth-order valence-electron chi connectivity index (χ4n) is 3.11. The van der Waals surface area contributed by atoms with Crippen LogP contribution in [0.3, 0.4) is 0 Å². The van der Waals surface area contributed by atoms with Crippen molar-refractivity contribution in [2.24, 2.45) is 0 Å². The lowest BCUT2D eigenvalue weighted by Crippen LogP contribution is -2.24. The summed E-state index contributed by atoms with van der Waals surface area (Å²) < 4.78 is 6.33. The molecule has 1 aromatic heterocycles. The molecule has 2 aromatic rings. The normalized spacial score (nSPS) is 13.8. The van der Waals surface area contributed by atoms with Crippen LogP contribution in [0.1, 0.15) is 34.5 Å². The Morgan fingerprint density at radius 1 is 1.40 bits per heavy atom. The van der Waals surface area contributed by atoms with Crippen LogP contribution >= 0.6 is 0 Å².